The number of aromatic nitrogens is 3. The molecule has 0 aliphatic heterocycles. The summed E-state index contributed by atoms with van der Waals surface area (Å²) in [4.78, 5) is 25.8. The van der Waals surface area contributed by atoms with Crippen molar-refractivity contribution in [3.8, 4) is 11.1 Å². The topological polar surface area (TPSA) is 146 Å². The molecule has 2 heterocycles. The first-order valence-electron chi connectivity index (χ1n) is 11.5. The number of benzene rings is 2. The summed E-state index contributed by atoms with van der Waals surface area (Å²) < 4.78 is 30.2. The molecule has 0 aliphatic rings. The van der Waals surface area contributed by atoms with Crippen molar-refractivity contribution in [2.45, 2.75) is 31.8 Å². The Morgan fingerprint density at radius 2 is 1.97 bits per heavy atom. The van der Waals surface area contributed by atoms with E-state index in [1.165, 1.54) is 23.2 Å². The van der Waals surface area contributed by atoms with E-state index < -0.39 is 23.3 Å². The van der Waals surface area contributed by atoms with E-state index in [1.807, 2.05) is 13.0 Å². The van der Waals surface area contributed by atoms with E-state index in [0.717, 1.165) is 16.7 Å². The van der Waals surface area contributed by atoms with Crippen molar-refractivity contribution in [2.75, 3.05) is 13.6 Å². The molecule has 12 heteroatoms. The van der Waals surface area contributed by atoms with Crippen molar-refractivity contribution in [1.82, 2.24) is 19.9 Å². The van der Waals surface area contributed by atoms with Gasteiger partial charge in [-0.2, -0.15) is 8.42 Å². The minimum Gasteiger partial charge on any atom is -0.421 e. The molecule has 0 saturated heterocycles. The van der Waals surface area contributed by atoms with Crippen molar-refractivity contribution in [3.05, 3.63) is 71.5 Å². The number of carbonyl (C=O) groups excluding carboxylic acids is 1. The van der Waals surface area contributed by atoms with Gasteiger partial charge >= 0.3 is 7.12 Å². The minimum absolute atomic E-state index is 0.0761. The summed E-state index contributed by atoms with van der Waals surface area (Å²) in [5.74, 6) is -0.207. The van der Waals surface area contributed by atoms with Crippen molar-refractivity contribution in [1.29, 1.82) is 0 Å². The third kappa shape index (κ3) is 5.72. The van der Waals surface area contributed by atoms with E-state index in [-0.39, 0.29) is 22.9 Å². The number of amides is 1. The average molecular weight is 522 g/mol. The average Bonchev–Trinajstić information content (AvgIpc) is 3.26. The molecule has 0 bridgehead atoms. The molecule has 1 amide bonds. The Balaban J connectivity index is 1.62. The SMILES string of the molecule is Cc1cccc(S(=O)(=O)OB(O)c2cnc3[nH]cc(-c4ccc(C(=O)N(C)C[C@H](C)O)c(C)c4)c3n2)c1. The third-order valence-electron chi connectivity index (χ3n) is 5.80. The van der Waals surface area contributed by atoms with Crippen LogP contribution in [0.4, 0.5) is 0 Å². The molecule has 0 radical (unpaired) electrons. The highest BCUT2D eigenvalue weighted by Crippen LogP contribution is 2.28. The van der Waals surface area contributed by atoms with Gasteiger partial charge in [0.2, 0.25) is 0 Å². The predicted octanol–water partition coefficient (Wildman–Crippen LogP) is 1.79. The van der Waals surface area contributed by atoms with Gasteiger partial charge in [-0.1, -0.05) is 24.3 Å². The van der Waals surface area contributed by atoms with Crippen LogP contribution in [0.3, 0.4) is 0 Å². The number of aryl methyl sites for hydroxylation is 2. The standard InChI is InChI=1S/C25H27BN4O6S/c1-15-6-5-7-19(10-15)37(34,35)36-26(33)22-13-28-24-23(29-22)21(12-27-24)18-8-9-20(16(2)11-18)25(32)30(4)14-17(3)31/h5-13,17,31,33H,14H2,1-4H3,(H,27,28)/t17-/m0/s1. The molecule has 192 valence electrons. The quantitative estimate of drug-likeness (QED) is 0.297. The first kappa shape index (κ1) is 26.5. The lowest BCUT2D eigenvalue weighted by molar-refractivity contribution is 0.0703. The van der Waals surface area contributed by atoms with Gasteiger partial charge in [-0.25, -0.2) is 4.98 Å². The number of carbonyl (C=O) groups is 1. The summed E-state index contributed by atoms with van der Waals surface area (Å²) in [7, 11) is -4.48. The van der Waals surface area contributed by atoms with E-state index in [0.29, 0.717) is 22.3 Å². The summed E-state index contributed by atoms with van der Waals surface area (Å²) >= 11 is 0. The predicted molar refractivity (Wildman–Crippen MR) is 140 cm³/mol. The number of fused-ring (bicyclic) bond motifs is 1. The van der Waals surface area contributed by atoms with Gasteiger partial charge in [0.25, 0.3) is 16.0 Å². The van der Waals surface area contributed by atoms with Gasteiger partial charge in [0.05, 0.1) is 16.6 Å². The fourth-order valence-corrected chi connectivity index (χ4v) is 5.02. The van der Waals surface area contributed by atoms with Gasteiger partial charge in [0.1, 0.15) is 5.52 Å². The van der Waals surface area contributed by atoms with E-state index in [9.17, 15) is 23.3 Å². The highest BCUT2D eigenvalue weighted by molar-refractivity contribution is 7.87. The lowest BCUT2D eigenvalue weighted by Gasteiger charge is -2.20. The van der Waals surface area contributed by atoms with Crippen LogP contribution in [0.2, 0.25) is 0 Å². The molecule has 0 spiro atoms. The monoisotopic (exact) mass is 522 g/mol. The summed E-state index contributed by atoms with van der Waals surface area (Å²) in [6.45, 7) is 5.39. The van der Waals surface area contributed by atoms with Crippen LogP contribution in [0.1, 0.15) is 28.4 Å². The Labute approximate surface area is 215 Å². The first-order valence-corrected chi connectivity index (χ1v) is 12.9. The number of likely N-dealkylation sites (N-methyl/N-ethyl adjacent to an activating group) is 1. The molecule has 0 unspecified atom stereocenters. The Morgan fingerprint density at radius 1 is 1.22 bits per heavy atom. The number of hydrogen-bond donors (Lipinski definition) is 3. The van der Waals surface area contributed by atoms with Gasteiger partial charge in [-0.15, -0.1) is 0 Å². The van der Waals surface area contributed by atoms with Gasteiger partial charge in [-0.3, -0.25) is 13.9 Å². The first-order chi connectivity index (χ1) is 17.5. The van der Waals surface area contributed by atoms with E-state index in [1.54, 1.807) is 51.4 Å². The van der Waals surface area contributed by atoms with Gasteiger partial charge < -0.3 is 20.0 Å². The van der Waals surface area contributed by atoms with E-state index >= 15 is 0 Å². The molecule has 4 aromatic rings. The molecule has 37 heavy (non-hydrogen) atoms. The van der Waals surface area contributed by atoms with Gasteiger partial charge in [0, 0.05) is 37.1 Å². The number of rotatable bonds is 8. The molecule has 0 fully saturated rings. The molecular formula is C25H27BN4O6S. The van der Waals surface area contributed by atoms with Gasteiger partial charge in [-0.05, 0) is 55.7 Å². The fourth-order valence-electron chi connectivity index (χ4n) is 4.00. The number of nitrogens with zero attached hydrogens (tertiary/aromatic N) is 3. The number of hydrogen-bond acceptors (Lipinski definition) is 8. The molecule has 3 N–H and O–H groups in total. The number of H-pyrrole nitrogens is 1. The second kappa shape index (κ2) is 10.4. The zero-order chi connectivity index (χ0) is 26.9. The highest BCUT2D eigenvalue weighted by Gasteiger charge is 2.29. The Kier molecular flexibility index (Phi) is 7.46. The lowest BCUT2D eigenvalue weighted by atomic mass is 9.87. The van der Waals surface area contributed by atoms with Crippen LogP contribution in [-0.4, -0.2) is 71.1 Å². The molecule has 2 aromatic carbocycles. The summed E-state index contributed by atoms with van der Waals surface area (Å²) in [5.41, 5.74) is 4.11. The van der Waals surface area contributed by atoms with Crippen LogP contribution in [0, 0.1) is 13.8 Å². The fraction of sp³-hybridized carbons (Fsp3) is 0.240. The highest BCUT2D eigenvalue weighted by atomic mass is 32.2. The molecule has 0 aliphatic carbocycles. The second-order valence-corrected chi connectivity index (χ2v) is 10.6. The normalized spacial score (nSPS) is 12.5. The molecule has 4 rings (SSSR count). The minimum atomic E-state index is -4.24. The molecule has 1 atom stereocenters. The lowest BCUT2D eigenvalue weighted by Crippen LogP contribution is -2.38. The zero-order valence-corrected chi connectivity index (χ0v) is 21.7. The van der Waals surface area contributed by atoms with Crippen molar-refractivity contribution < 1.29 is 27.4 Å². The Hall–Kier alpha value is -3.58. The number of aliphatic hydroxyl groups is 1. The largest absolute Gasteiger partial charge is 0.527 e. The molecular weight excluding hydrogens is 495 g/mol. The molecule has 0 saturated carbocycles. The van der Waals surface area contributed by atoms with Crippen LogP contribution >= 0.6 is 0 Å². The third-order valence-corrected chi connectivity index (χ3v) is 7.07. The maximum atomic E-state index is 12.8. The van der Waals surface area contributed by atoms with Gasteiger partial charge in [0.15, 0.2) is 5.65 Å². The number of aromatic amines is 1. The maximum absolute atomic E-state index is 12.8. The Bertz CT molecular complexity index is 1570. The molecule has 2 aromatic heterocycles. The van der Waals surface area contributed by atoms with Crippen molar-refractivity contribution >= 4 is 39.9 Å². The van der Waals surface area contributed by atoms with Crippen LogP contribution < -0.4 is 5.59 Å². The Morgan fingerprint density at radius 3 is 2.65 bits per heavy atom. The van der Waals surface area contributed by atoms with Crippen LogP contribution in [-0.2, 0) is 14.2 Å². The number of nitrogens with one attached hydrogen (secondary N) is 1. The smallest absolute Gasteiger partial charge is 0.421 e. The summed E-state index contributed by atoms with van der Waals surface area (Å²) in [5, 5.41) is 20.1. The number of aliphatic hydroxyl groups excluding tert-OH is 1. The second-order valence-electron chi connectivity index (χ2n) is 8.98. The van der Waals surface area contributed by atoms with Crippen LogP contribution in [0.15, 0.2) is 59.8 Å². The van der Waals surface area contributed by atoms with Crippen molar-refractivity contribution in [2.24, 2.45) is 0 Å². The zero-order valence-electron chi connectivity index (χ0n) is 20.8. The summed E-state index contributed by atoms with van der Waals surface area (Å²) in [6, 6.07) is 11.5. The maximum Gasteiger partial charge on any atom is 0.527 e. The van der Waals surface area contributed by atoms with Crippen molar-refractivity contribution in [3.63, 3.8) is 0 Å². The molecule has 10 nitrogen and oxygen atoms in total. The van der Waals surface area contributed by atoms with E-state index in [2.05, 4.69) is 15.0 Å². The van der Waals surface area contributed by atoms with E-state index in [4.69, 9.17) is 4.10 Å². The van der Waals surface area contributed by atoms with Crippen LogP contribution in [0.25, 0.3) is 22.3 Å². The summed E-state index contributed by atoms with van der Waals surface area (Å²) in [6.07, 6.45) is 2.30. The van der Waals surface area contributed by atoms with Crippen LogP contribution in [0.5, 0.6) is 0 Å².